The number of unbranched alkanes of at least 4 members (excludes halogenated alkanes) is 1. The number of hydrogen-bond acceptors (Lipinski definition) is 5. The molecular formula is C19H32N2O4S. The molecule has 2 rings (SSSR count). The van der Waals surface area contributed by atoms with Crippen LogP contribution in [-0.2, 0) is 10.0 Å². The number of ether oxygens (including phenoxy) is 2. The molecular weight excluding hydrogens is 352 g/mol. The van der Waals surface area contributed by atoms with Crippen molar-refractivity contribution < 1.29 is 17.9 Å². The number of sulfonamides is 1. The van der Waals surface area contributed by atoms with Gasteiger partial charge in [0.15, 0.2) is 11.5 Å². The summed E-state index contributed by atoms with van der Waals surface area (Å²) in [6, 6.07) is 3.50. The second kappa shape index (κ2) is 9.58. The van der Waals surface area contributed by atoms with Crippen molar-refractivity contribution in [3.63, 3.8) is 0 Å². The van der Waals surface area contributed by atoms with Crippen molar-refractivity contribution in [3.8, 4) is 11.5 Å². The molecule has 1 atom stereocenters. The summed E-state index contributed by atoms with van der Waals surface area (Å²) >= 11 is 0. The van der Waals surface area contributed by atoms with Crippen LogP contribution in [0.3, 0.4) is 0 Å². The van der Waals surface area contributed by atoms with Gasteiger partial charge in [-0.1, -0.05) is 19.8 Å². The number of nitrogens with one attached hydrogen (secondary N) is 1. The van der Waals surface area contributed by atoms with Crippen LogP contribution < -0.4 is 14.2 Å². The Bertz CT molecular complexity index is 691. The molecule has 7 heteroatoms. The van der Waals surface area contributed by atoms with E-state index < -0.39 is 10.0 Å². The van der Waals surface area contributed by atoms with E-state index in [0.29, 0.717) is 23.6 Å². The lowest BCUT2D eigenvalue weighted by molar-refractivity contribution is 0.148. The lowest BCUT2D eigenvalue weighted by atomic mass is 10.0. The molecule has 1 aliphatic heterocycles. The third kappa shape index (κ3) is 5.11. The van der Waals surface area contributed by atoms with Crippen molar-refractivity contribution in [2.75, 3.05) is 33.9 Å². The van der Waals surface area contributed by atoms with Gasteiger partial charge in [-0.3, -0.25) is 4.90 Å². The third-order valence-corrected chi connectivity index (χ3v) is 6.59. The monoisotopic (exact) mass is 384 g/mol. The minimum Gasteiger partial charge on any atom is -0.493 e. The highest BCUT2D eigenvalue weighted by Crippen LogP contribution is 2.32. The van der Waals surface area contributed by atoms with Crippen LogP contribution in [0.25, 0.3) is 0 Å². The first-order valence-corrected chi connectivity index (χ1v) is 10.9. The van der Waals surface area contributed by atoms with Crippen LogP contribution in [0.1, 0.15) is 44.6 Å². The first-order valence-electron chi connectivity index (χ1n) is 9.39. The van der Waals surface area contributed by atoms with Crippen molar-refractivity contribution in [2.24, 2.45) is 0 Å². The van der Waals surface area contributed by atoms with E-state index in [1.165, 1.54) is 26.7 Å². The number of hydrogen-bond donors (Lipinski definition) is 1. The van der Waals surface area contributed by atoms with Gasteiger partial charge in [-0.05, 0) is 50.9 Å². The molecule has 1 aliphatic rings. The fourth-order valence-corrected chi connectivity index (χ4v) is 4.79. The van der Waals surface area contributed by atoms with Crippen LogP contribution in [0, 0.1) is 6.92 Å². The van der Waals surface area contributed by atoms with Crippen molar-refractivity contribution in [2.45, 2.75) is 56.9 Å². The predicted molar refractivity (Wildman–Crippen MR) is 104 cm³/mol. The second-order valence-electron chi connectivity index (χ2n) is 6.86. The van der Waals surface area contributed by atoms with Gasteiger partial charge in [-0.25, -0.2) is 13.1 Å². The van der Waals surface area contributed by atoms with Gasteiger partial charge in [0.2, 0.25) is 10.0 Å². The zero-order valence-electron chi connectivity index (χ0n) is 16.4. The number of nitrogens with zero attached hydrogens (tertiary/aromatic N) is 1. The Morgan fingerprint density at radius 2 is 1.88 bits per heavy atom. The van der Waals surface area contributed by atoms with Crippen molar-refractivity contribution in [1.82, 2.24) is 9.62 Å². The van der Waals surface area contributed by atoms with Crippen LogP contribution >= 0.6 is 0 Å². The maximum absolute atomic E-state index is 12.9. The van der Waals surface area contributed by atoms with E-state index in [0.717, 1.165) is 38.8 Å². The molecule has 148 valence electrons. The normalized spacial score (nSPS) is 18.7. The van der Waals surface area contributed by atoms with E-state index in [1.807, 2.05) is 0 Å². The zero-order valence-corrected chi connectivity index (χ0v) is 17.2. The van der Waals surface area contributed by atoms with E-state index in [-0.39, 0.29) is 10.9 Å². The van der Waals surface area contributed by atoms with Crippen LogP contribution in [0.15, 0.2) is 17.0 Å². The van der Waals surface area contributed by atoms with E-state index in [1.54, 1.807) is 13.0 Å². The average Bonchev–Trinajstić information content (AvgIpc) is 2.64. The van der Waals surface area contributed by atoms with Crippen molar-refractivity contribution in [1.29, 1.82) is 0 Å². The topological polar surface area (TPSA) is 67.9 Å². The van der Waals surface area contributed by atoms with Crippen molar-refractivity contribution in [3.05, 3.63) is 17.7 Å². The number of likely N-dealkylation sites (tertiary alicyclic amines) is 1. The summed E-state index contributed by atoms with van der Waals surface area (Å²) in [6.45, 7) is 6.49. The molecule has 1 heterocycles. The van der Waals surface area contributed by atoms with Gasteiger partial charge in [0.25, 0.3) is 0 Å². The lowest BCUT2D eigenvalue weighted by Crippen LogP contribution is -2.47. The Balaban J connectivity index is 2.13. The SMILES string of the molecule is CCCCN1CCCCC1CNS(=O)(=O)c1cc(OC)c(OC)cc1C. The number of benzene rings is 1. The maximum Gasteiger partial charge on any atom is 0.241 e. The summed E-state index contributed by atoms with van der Waals surface area (Å²) in [5.41, 5.74) is 0.640. The Kier molecular flexibility index (Phi) is 7.73. The summed E-state index contributed by atoms with van der Waals surface area (Å²) in [6.07, 6.45) is 5.70. The predicted octanol–water partition coefficient (Wildman–Crippen LogP) is 2.95. The first kappa shape index (κ1) is 21.0. The second-order valence-corrected chi connectivity index (χ2v) is 8.60. The number of aryl methyl sites for hydroxylation is 1. The van der Waals surface area contributed by atoms with Crippen molar-refractivity contribution >= 4 is 10.0 Å². The molecule has 1 fully saturated rings. The zero-order chi connectivity index (χ0) is 19.2. The van der Waals surface area contributed by atoms with Gasteiger partial charge in [0.05, 0.1) is 19.1 Å². The largest absolute Gasteiger partial charge is 0.493 e. The molecule has 0 aliphatic carbocycles. The summed E-state index contributed by atoms with van der Waals surface area (Å²) in [7, 11) is -0.560. The average molecular weight is 385 g/mol. The number of piperidine rings is 1. The molecule has 0 radical (unpaired) electrons. The van der Waals surface area contributed by atoms with E-state index in [9.17, 15) is 8.42 Å². The molecule has 0 amide bonds. The fraction of sp³-hybridized carbons (Fsp3) is 0.684. The smallest absolute Gasteiger partial charge is 0.241 e. The van der Waals surface area contributed by atoms with Gasteiger partial charge in [-0.2, -0.15) is 0 Å². The van der Waals surface area contributed by atoms with Gasteiger partial charge in [-0.15, -0.1) is 0 Å². The van der Waals surface area contributed by atoms with Crippen LogP contribution in [0.5, 0.6) is 11.5 Å². The molecule has 0 aromatic heterocycles. The molecule has 0 spiro atoms. The van der Waals surface area contributed by atoms with Gasteiger partial charge in [0, 0.05) is 18.7 Å². The molecule has 6 nitrogen and oxygen atoms in total. The quantitative estimate of drug-likeness (QED) is 0.709. The molecule has 1 aromatic carbocycles. The number of rotatable bonds is 9. The standard InChI is InChI=1S/C19H32N2O4S/c1-5-6-10-21-11-8-7-9-16(21)14-20-26(22,23)19-13-18(25-4)17(24-3)12-15(19)2/h12-13,16,20H,5-11,14H2,1-4H3. The molecule has 1 saturated heterocycles. The highest BCUT2D eigenvalue weighted by molar-refractivity contribution is 7.89. The van der Waals surface area contributed by atoms with E-state index in [2.05, 4.69) is 16.5 Å². The van der Waals surface area contributed by atoms with E-state index >= 15 is 0 Å². The highest BCUT2D eigenvalue weighted by Gasteiger charge is 2.25. The van der Waals surface area contributed by atoms with Crippen LogP contribution in [0.2, 0.25) is 0 Å². The Hall–Kier alpha value is -1.31. The minimum atomic E-state index is -3.60. The lowest BCUT2D eigenvalue weighted by Gasteiger charge is -2.35. The Labute approximate surface area is 157 Å². The van der Waals surface area contributed by atoms with Crippen LogP contribution in [-0.4, -0.2) is 53.2 Å². The Morgan fingerprint density at radius 3 is 2.54 bits per heavy atom. The first-order chi connectivity index (χ1) is 12.4. The molecule has 1 N–H and O–H groups in total. The van der Waals surface area contributed by atoms with E-state index in [4.69, 9.17) is 9.47 Å². The summed E-state index contributed by atoms with van der Waals surface area (Å²) in [5.74, 6) is 0.947. The number of methoxy groups -OCH3 is 2. The van der Waals surface area contributed by atoms with Gasteiger partial charge in [0.1, 0.15) is 0 Å². The highest BCUT2D eigenvalue weighted by atomic mass is 32.2. The molecule has 0 saturated carbocycles. The third-order valence-electron chi connectivity index (χ3n) is 5.03. The van der Waals surface area contributed by atoms with Gasteiger partial charge < -0.3 is 9.47 Å². The molecule has 1 aromatic rings. The minimum absolute atomic E-state index is 0.242. The van der Waals surface area contributed by atoms with Crippen LogP contribution in [0.4, 0.5) is 0 Å². The molecule has 26 heavy (non-hydrogen) atoms. The summed E-state index contributed by atoms with van der Waals surface area (Å²) in [4.78, 5) is 2.67. The molecule has 0 bridgehead atoms. The molecule has 1 unspecified atom stereocenters. The summed E-state index contributed by atoms with van der Waals surface area (Å²) < 4.78 is 39.0. The Morgan fingerprint density at radius 1 is 1.19 bits per heavy atom. The van der Waals surface area contributed by atoms with Gasteiger partial charge >= 0.3 is 0 Å². The fourth-order valence-electron chi connectivity index (χ4n) is 3.48. The summed E-state index contributed by atoms with van der Waals surface area (Å²) in [5, 5.41) is 0. The maximum atomic E-state index is 12.9.